The molecule has 0 aliphatic rings. The van der Waals surface area contributed by atoms with Gasteiger partial charge in [0.05, 0.1) is 18.2 Å². The lowest BCUT2D eigenvalue weighted by Crippen LogP contribution is -2.30. The molecule has 1 aromatic carbocycles. The first-order valence-electron chi connectivity index (χ1n) is 6.27. The number of aliphatic hydroxyl groups is 1. The maximum absolute atomic E-state index is 12.0. The summed E-state index contributed by atoms with van der Waals surface area (Å²) in [5.74, 6) is -0.153. The molecule has 2 N–H and O–H groups in total. The fourth-order valence-corrected chi connectivity index (χ4v) is 2.49. The lowest BCUT2D eigenvalue weighted by molar-refractivity contribution is 0.0916. The Morgan fingerprint density at radius 2 is 2.05 bits per heavy atom. The van der Waals surface area contributed by atoms with E-state index in [1.54, 1.807) is 11.4 Å². The molecule has 0 radical (unpaired) electrons. The first-order chi connectivity index (χ1) is 9.24. The van der Waals surface area contributed by atoms with Gasteiger partial charge in [0.25, 0.3) is 5.91 Å². The molecule has 0 fully saturated rings. The summed E-state index contributed by atoms with van der Waals surface area (Å²) in [4.78, 5) is 12.0. The Bertz CT molecular complexity index is 520. The normalized spacial score (nSPS) is 12.1. The Balaban J connectivity index is 2.09. The Morgan fingerprint density at radius 3 is 2.58 bits per heavy atom. The van der Waals surface area contributed by atoms with Crippen molar-refractivity contribution in [1.29, 1.82) is 0 Å². The monoisotopic (exact) mass is 275 g/mol. The van der Waals surface area contributed by atoms with Crippen LogP contribution < -0.4 is 5.32 Å². The van der Waals surface area contributed by atoms with Gasteiger partial charge in [-0.15, -0.1) is 0 Å². The minimum Gasteiger partial charge on any atom is -0.394 e. The van der Waals surface area contributed by atoms with Gasteiger partial charge >= 0.3 is 0 Å². The minimum atomic E-state index is -0.363. The second-order valence-electron chi connectivity index (χ2n) is 4.32. The van der Waals surface area contributed by atoms with Crippen LogP contribution in [-0.4, -0.2) is 17.6 Å². The van der Waals surface area contributed by atoms with Gasteiger partial charge in [-0.1, -0.05) is 31.2 Å². The summed E-state index contributed by atoms with van der Waals surface area (Å²) >= 11 is 1.48. The van der Waals surface area contributed by atoms with Crippen LogP contribution in [0.2, 0.25) is 0 Å². The van der Waals surface area contributed by atoms with Crippen LogP contribution in [0.1, 0.15) is 34.5 Å². The number of thiophene rings is 1. The number of hydrogen-bond donors (Lipinski definition) is 2. The summed E-state index contributed by atoms with van der Waals surface area (Å²) in [5, 5.41) is 15.9. The summed E-state index contributed by atoms with van der Waals surface area (Å²) in [6.45, 7) is 1.98. The minimum absolute atomic E-state index is 0.110. The van der Waals surface area contributed by atoms with E-state index in [9.17, 15) is 9.90 Å². The van der Waals surface area contributed by atoms with Crippen LogP contribution in [0, 0.1) is 0 Å². The number of aryl methyl sites for hydroxylation is 1. The van der Waals surface area contributed by atoms with Gasteiger partial charge in [-0.3, -0.25) is 4.79 Å². The quantitative estimate of drug-likeness (QED) is 0.881. The highest BCUT2D eigenvalue weighted by molar-refractivity contribution is 7.08. The molecule has 3 nitrogen and oxygen atoms in total. The largest absolute Gasteiger partial charge is 0.394 e. The molecule has 0 bridgehead atoms. The second kappa shape index (κ2) is 6.50. The molecule has 1 unspecified atom stereocenters. The van der Waals surface area contributed by atoms with E-state index < -0.39 is 0 Å². The van der Waals surface area contributed by atoms with Gasteiger partial charge in [0.1, 0.15) is 0 Å². The lowest BCUT2D eigenvalue weighted by Gasteiger charge is -2.16. The lowest BCUT2D eigenvalue weighted by atomic mass is 10.0. The molecule has 100 valence electrons. The average Bonchev–Trinajstić information content (AvgIpc) is 2.99. The van der Waals surface area contributed by atoms with Crippen LogP contribution in [0.5, 0.6) is 0 Å². The molecule has 1 amide bonds. The summed E-state index contributed by atoms with van der Waals surface area (Å²) in [7, 11) is 0. The van der Waals surface area contributed by atoms with E-state index in [-0.39, 0.29) is 18.6 Å². The molecule has 0 aliphatic heterocycles. The third-order valence-corrected chi connectivity index (χ3v) is 3.74. The van der Waals surface area contributed by atoms with Crippen molar-refractivity contribution in [2.45, 2.75) is 19.4 Å². The summed E-state index contributed by atoms with van der Waals surface area (Å²) < 4.78 is 0. The smallest absolute Gasteiger partial charge is 0.252 e. The highest BCUT2D eigenvalue weighted by Gasteiger charge is 2.15. The molecule has 0 saturated carbocycles. The summed E-state index contributed by atoms with van der Waals surface area (Å²) in [6, 6.07) is 9.36. The van der Waals surface area contributed by atoms with E-state index in [4.69, 9.17) is 0 Å². The molecule has 1 aromatic heterocycles. The zero-order valence-corrected chi connectivity index (χ0v) is 11.6. The third-order valence-electron chi connectivity index (χ3n) is 3.06. The third kappa shape index (κ3) is 3.43. The highest BCUT2D eigenvalue weighted by Crippen LogP contribution is 2.15. The zero-order chi connectivity index (χ0) is 13.7. The van der Waals surface area contributed by atoms with Crippen LogP contribution in [0.3, 0.4) is 0 Å². The number of benzene rings is 1. The van der Waals surface area contributed by atoms with Crippen LogP contribution in [-0.2, 0) is 6.42 Å². The Labute approximate surface area is 116 Å². The van der Waals surface area contributed by atoms with E-state index >= 15 is 0 Å². The second-order valence-corrected chi connectivity index (χ2v) is 5.10. The number of carbonyl (C=O) groups is 1. The van der Waals surface area contributed by atoms with E-state index in [0.29, 0.717) is 5.56 Å². The number of aliphatic hydroxyl groups excluding tert-OH is 1. The molecule has 1 heterocycles. The van der Waals surface area contributed by atoms with Gasteiger partial charge in [0.2, 0.25) is 0 Å². The number of rotatable bonds is 5. The summed E-state index contributed by atoms with van der Waals surface area (Å²) in [5.41, 5.74) is 2.79. The SMILES string of the molecule is CCc1ccc(C(CO)NC(=O)c2ccsc2)cc1. The molecule has 2 aromatic rings. The van der Waals surface area contributed by atoms with Gasteiger partial charge in [-0.2, -0.15) is 11.3 Å². The number of nitrogens with one attached hydrogen (secondary N) is 1. The van der Waals surface area contributed by atoms with Crippen molar-refractivity contribution in [3.8, 4) is 0 Å². The fourth-order valence-electron chi connectivity index (χ4n) is 1.86. The van der Waals surface area contributed by atoms with E-state index in [0.717, 1.165) is 12.0 Å². The molecule has 0 aliphatic carbocycles. The van der Waals surface area contributed by atoms with E-state index in [2.05, 4.69) is 12.2 Å². The average molecular weight is 275 g/mol. The fraction of sp³-hybridized carbons (Fsp3) is 0.267. The van der Waals surface area contributed by atoms with Crippen LogP contribution >= 0.6 is 11.3 Å². The molecular weight excluding hydrogens is 258 g/mol. The highest BCUT2D eigenvalue weighted by atomic mass is 32.1. The zero-order valence-electron chi connectivity index (χ0n) is 10.8. The maximum Gasteiger partial charge on any atom is 0.252 e. The van der Waals surface area contributed by atoms with E-state index in [1.807, 2.05) is 29.6 Å². The number of amides is 1. The van der Waals surface area contributed by atoms with Crippen LogP contribution in [0.15, 0.2) is 41.1 Å². The first-order valence-corrected chi connectivity index (χ1v) is 7.21. The van der Waals surface area contributed by atoms with Gasteiger partial charge < -0.3 is 10.4 Å². The molecule has 1 atom stereocenters. The predicted octanol–water partition coefficient (Wildman–Crippen LogP) is 2.77. The van der Waals surface area contributed by atoms with Crippen molar-refractivity contribution >= 4 is 17.2 Å². The van der Waals surface area contributed by atoms with Gasteiger partial charge in [0, 0.05) is 5.38 Å². The van der Waals surface area contributed by atoms with Crippen molar-refractivity contribution in [2.75, 3.05) is 6.61 Å². The van der Waals surface area contributed by atoms with Crippen molar-refractivity contribution in [3.63, 3.8) is 0 Å². The van der Waals surface area contributed by atoms with Gasteiger partial charge in [0.15, 0.2) is 0 Å². The Hall–Kier alpha value is -1.65. The maximum atomic E-state index is 12.0. The molecule has 0 saturated heterocycles. The van der Waals surface area contributed by atoms with Crippen molar-refractivity contribution in [2.24, 2.45) is 0 Å². The molecule has 0 spiro atoms. The van der Waals surface area contributed by atoms with Gasteiger partial charge in [-0.25, -0.2) is 0 Å². The predicted molar refractivity (Wildman–Crippen MR) is 77.4 cm³/mol. The summed E-state index contributed by atoms with van der Waals surface area (Å²) in [6.07, 6.45) is 0.978. The number of carbonyl (C=O) groups excluding carboxylic acids is 1. The van der Waals surface area contributed by atoms with Crippen molar-refractivity contribution in [3.05, 3.63) is 57.8 Å². The standard InChI is InChI=1S/C15H17NO2S/c1-2-11-3-5-12(6-4-11)14(9-17)16-15(18)13-7-8-19-10-13/h3-8,10,14,17H,2,9H2,1H3,(H,16,18). The van der Waals surface area contributed by atoms with Crippen molar-refractivity contribution in [1.82, 2.24) is 5.32 Å². The van der Waals surface area contributed by atoms with E-state index in [1.165, 1.54) is 16.9 Å². The number of hydrogen-bond acceptors (Lipinski definition) is 3. The molecule has 2 rings (SSSR count). The topological polar surface area (TPSA) is 49.3 Å². The van der Waals surface area contributed by atoms with Gasteiger partial charge in [-0.05, 0) is 29.0 Å². The Morgan fingerprint density at radius 1 is 1.32 bits per heavy atom. The first kappa shape index (κ1) is 13.8. The Kier molecular flexibility index (Phi) is 4.71. The molecule has 19 heavy (non-hydrogen) atoms. The van der Waals surface area contributed by atoms with Crippen molar-refractivity contribution < 1.29 is 9.90 Å². The van der Waals surface area contributed by atoms with Crippen LogP contribution in [0.25, 0.3) is 0 Å². The molecule has 4 heteroatoms. The molecular formula is C15H17NO2S. The van der Waals surface area contributed by atoms with Crippen LogP contribution in [0.4, 0.5) is 0 Å².